The van der Waals surface area contributed by atoms with Crippen LogP contribution in [-0.4, -0.2) is 24.7 Å². The van der Waals surface area contributed by atoms with Gasteiger partial charge in [0.25, 0.3) is 5.56 Å². The molecule has 1 N–H and O–H groups in total. The summed E-state index contributed by atoms with van der Waals surface area (Å²) in [5.41, 5.74) is -2.04. The van der Waals surface area contributed by atoms with E-state index in [0.717, 1.165) is 11.8 Å². The predicted molar refractivity (Wildman–Crippen MR) is 60.4 cm³/mol. The minimum Gasteiger partial charge on any atom is -0.310 e. The summed E-state index contributed by atoms with van der Waals surface area (Å²) in [7, 11) is 1.65. The average Bonchev–Trinajstić information content (AvgIpc) is 2.70. The fourth-order valence-electron chi connectivity index (χ4n) is 1.27. The normalized spacial score (nSPS) is 11.8. The summed E-state index contributed by atoms with van der Waals surface area (Å²) in [6.07, 6.45) is -3.32. The topological polar surface area (TPSA) is 76.5 Å². The first-order valence-corrected chi connectivity index (χ1v) is 5.99. The van der Waals surface area contributed by atoms with Crippen LogP contribution in [0.15, 0.2) is 22.3 Å². The molecular weight excluding hydrogens is 283 g/mol. The van der Waals surface area contributed by atoms with Gasteiger partial charge < -0.3 is 4.98 Å². The van der Waals surface area contributed by atoms with E-state index in [2.05, 4.69) is 20.1 Å². The Labute approximate surface area is 109 Å². The SMILES string of the molecule is Cn1ncnc1SCc1nc(C(F)(F)F)cc(=O)[nH]1. The summed E-state index contributed by atoms with van der Waals surface area (Å²) in [6, 6.07) is 0.427. The number of hydrogen-bond acceptors (Lipinski definition) is 5. The van der Waals surface area contributed by atoms with E-state index in [1.54, 1.807) is 7.05 Å². The molecule has 0 aliphatic rings. The van der Waals surface area contributed by atoms with E-state index in [-0.39, 0.29) is 11.6 Å². The maximum atomic E-state index is 12.5. The van der Waals surface area contributed by atoms with Crippen LogP contribution < -0.4 is 5.56 Å². The molecule has 0 fully saturated rings. The van der Waals surface area contributed by atoms with Crippen molar-refractivity contribution in [3.05, 3.63) is 34.3 Å². The van der Waals surface area contributed by atoms with E-state index < -0.39 is 17.4 Å². The lowest BCUT2D eigenvalue weighted by molar-refractivity contribution is -0.141. The molecule has 2 aromatic heterocycles. The molecule has 0 radical (unpaired) electrons. The maximum Gasteiger partial charge on any atom is 0.433 e. The Hall–Kier alpha value is -1.84. The Balaban J connectivity index is 2.19. The third-order valence-corrected chi connectivity index (χ3v) is 3.13. The second-order valence-electron chi connectivity index (χ2n) is 3.53. The van der Waals surface area contributed by atoms with E-state index in [1.165, 1.54) is 11.0 Å². The molecule has 0 aromatic carbocycles. The molecule has 0 saturated heterocycles. The van der Waals surface area contributed by atoms with Crippen molar-refractivity contribution in [2.75, 3.05) is 0 Å². The van der Waals surface area contributed by atoms with Gasteiger partial charge in [-0.05, 0) is 0 Å². The second-order valence-corrected chi connectivity index (χ2v) is 4.47. The number of aryl methyl sites for hydroxylation is 1. The lowest BCUT2D eigenvalue weighted by Gasteiger charge is -2.06. The Morgan fingerprint density at radius 3 is 2.79 bits per heavy atom. The Morgan fingerprint density at radius 2 is 2.21 bits per heavy atom. The summed E-state index contributed by atoms with van der Waals surface area (Å²) >= 11 is 1.12. The van der Waals surface area contributed by atoms with Crippen molar-refractivity contribution < 1.29 is 13.2 Å². The zero-order valence-electron chi connectivity index (χ0n) is 9.60. The summed E-state index contributed by atoms with van der Waals surface area (Å²) in [5.74, 6) is -0.000995. The Kier molecular flexibility index (Phi) is 3.60. The third kappa shape index (κ3) is 3.34. The van der Waals surface area contributed by atoms with Gasteiger partial charge in [-0.2, -0.15) is 18.3 Å². The van der Waals surface area contributed by atoms with Crippen molar-refractivity contribution >= 4 is 11.8 Å². The van der Waals surface area contributed by atoms with Crippen molar-refractivity contribution in [2.45, 2.75) is 17.1 Å². The van der Waals surface area contributed by atoms with E-state index in [1.807, 2.05) is 0 Å². The van der Waals surface area contributed by atoms with Gasteiger partial charge in [0.2, 0.25) is 0 Å². The highest BCUT2D eigenvalue weighted by Gasteiger charge is 2.33. The number of rotatable bonds is 3. The number of nitrogens with zero attached hydrogens (tertiary/aromatic N) is 4. The lowest BCUT2D eigenvalue weighted by Crippen LogP contribution is -2.18. The van der Waals surface area contributed by atoms with Gasteiger partial charge in [0.05, 0.1) is 5.75 Å². The van der Waals surface area contributed by atoms with Crippen molar-refractivity contribution in [1.82, 2.24) is 24.7 Å². The molecule has 0 spiro atoms. The monoisotopic (exact) mass is 291 g/mol. The predicted octanol–water partition coefficient (Wildman–Crippen LogP) is 1.21. The molecule has 19 heavy (non-hydrogen) atoms. The molecule has 2 rings (SSSR count). The van der Waals surface area contributed by atoms with Gasteiger partial charge in [0.15, 0.2) is 10.9 Å². The van der Waals surface area contributed by atoms with Crippen molar-refractivity contribution in [2.24, 2.45) is 7.05 Å². The van der Waals surface area contributed by atoms with Crippen LogP contribution >= 0.6 is 11.8 Å². The largest absolute Gasteiger partial charge is 0.433 e. The zero-order chi connectivity index (χ0) is 14.0. The molecule has 2 aromatic rings. The Bertz CT molecular complexity index is 635. The van der Waals surface area contributed by atoms with E-state index in [0.29, 0.717) is 11.2 Å². The molecule has 0 bridgehead atoms. The minimum atomic E-state index is -4.64. The molecule has 0 atom stereocenters. The molecule has 0 aliphatic carbocycles. The van der Waals surface area contributed by atoms with Gasteiger partial charge in [0.1, 0.15) is 12.2 Å². The van der Waals surface area contributed by atoms with E-state index in [4.69, 9.17) is 0 Å². The third-order valence-electron chi connectivity index (χ3n) is 2.09. The van der Waals surface area contributed by atoms with Gasteiger partial charge in [-0.1, -0.05) is 11.8 Å². The van der Waals surface area contributed by atoms with Gasteiger partial charge in [0, 0.05) is 13.1 Å². The molecule has 0 amide bonds. The van der Waals surface area contributed by atoms with Crippen LogP contribution in [0.2, 0.25) is 0 Å². The van der Waals surface area contributed by atoms with Crippen LogP contribution in [0.1, 0.15) is 11.5 Å². The minimum absolute atomic E-state index is 0.0612. The van der Waals surface area contributed by atoms with E-state index >= 15 is 0 Å². The molecule has 102 valence electrons. The fraction of sp³-hybridized carbons (Fsp3) is 0.333. The van der Waals surface area contributed by atoms with Gasteiger partial charge in [-0.25, -0.2) is 14.6 Å². The highest BCUT2D eigenvalue weighted by Crippen LogP contribution is 2.27. The molecule has 0 aliphatic heterocycles. The molecule has 0 saturated carbocycles. The smallest absolute Gasteiger partial charge is 0.310 e. The van der Waals surface area contributed by atoms with Crippen LogP contribution in [-0.2, 0) is 19.0 Å². The van der Waals surface area contributed by atoms with Crippen LogP contribution in [0, 0.1) is 0 Å². The summed E-state index contributed by atoms with van der Waals surface area (Å²) in [5, 5.41) is 4.33. The number of thioether (sulfide) groups is 1. The van der Waals surface area contributed by atoms with Crippen LogP contribution in [0.3, 0.4) is 0 Å². The summed E-state index contributed by atoms with van der Waals surface area (Å²) in [6.45, 7) is 0. The van der Waals surface area contributed by atoms with Crippen LogP contribution in [0.25, 0.3) is 0 Å². The first-order chi connectivity index (χ1) is 8.86. The number of aromatic amines is 1. The molecule has 10 heteroatoms. The fourth-order valence-corrected chi connectivity index (χ4v) is 2.03. The second kappa shape index (κ2) is 5.03. The van der Waals surface area contributed by atoms with Gasteiger partial charge in [-0.3, -0.25) is 4.79 Å². The zero-order valence-corrected chi connectivity index (χ0v) is 10.4. The first-order valence-electron chi connectivity index (χ1n) is 5.00. The van der Waals surface area contributed by atoms with Crippen molar-refractivity contribution in [1.29, 1.82) is 0 Å². The number of halogens is 3. The van der Waals surface area contributed by atoms with Crippen LogP contribution in [0.4, 0.5) is 13.2 Å². The number of alkyl halides is 3. The summed E-state index contributed by atoms with van der Waals surface area (Å²) < 4.78 is 38.9. The Morgan fingerprint density at radius 1 is 1.47 bits per heavy atom. The summed E-state index contributed by atoms with van der Waals surface area (Å²) in [4.78, 5) is 20.7. The molecule has 0 unspecified atom stereocenters. The van der Waals surface area contributed by atoms with Crippen LogP contribution in [0.5, 0.6) is 0 Å². The lowest BCUT2D eigenvalue weighted by atomic mass is 10.4. The number of aromatic nitrogens is 5. The maximum absolute atomic E-state index is 12.5. The van der Waals surface area contributed by atoms with Gasteiger partial charge >= 0.3 is 6.18 Å². The highest BCUT2D eigenvalue weighted by atomic mass is 32.2. The first kappa shape index (κ1) is 13.6. The average molecular weight is 291 g/mol. The van der Waals surface area contributed by atoms with E-state index in [9.17, 15) is 18.0 Å². The molecule has 6 nitrogen and oxygen atoms in total. The van der Waals surface area contributed by atoms with Crippen molar-refractivity contribution in [3.63, 3.8) is 0 Å². The standard InChI is InChI=1S/C9H8F3N5OS/c1-17-8(13-4-14-17)19-3-6-15-5(9(10,11)12)2-7(18)16-6/h2,4H,3H2,1H3,(H,15,16,18). The highest BCUT2D eigenvalue weighted by molar-refractivity contribution is 7.98. The molecule has 2 heterocycles. The number of nitrogens with one attached hydrogen (secondary N) is 1. The van der Waals surface area contributed by atoms with Gasteiger partial charge in [-0.15, -0.1) is 0 Å². The number of hydrogen-bond donors (Lipinski definition) is 1. The quantitative estimate of drug-likeness (QED) is 0.860. The number of H-pyrrole nitrogens is 1. The van der Waals surface area contributed by atoms with Crippen molar-refractivity contribution in [3.8, 4) is 0 Å². The molecular formula is C9H8F3N5OS.